The number of halogens is 4. The van der Waals surface area contributed by atoms with E-state index in [1.165, 1.54) is 0 Å². The summed E-state index contributed by atoms with van der Waals surface area (Å²) in [6, 6.07) is 1.94. The number of likely N-dealkylation sites (tertiary alicyclic amines) is 1. The maximum Gasteiger partial charge on any atom is 0.406 e. The molecule has 1 atom stereocenters. The fraction of sp³-hybridized carbons (Fsp3) is 0.417. The molecular formula is C12H10F4N2O3. The van der Waals surface area contributed by atoms with Gasteiger partial charge < -0.3 is 10.0 Å². The molecule has 1 aliphatic rings. The van der Waals surface area contributed by atoms with Crippen LogP contribution in [0.15, 0.2) is 18.3 Å². The van der Waals surface area contributed by atoms with Crippen LogP contribution in [0.2, 0.25) is 0 Å². The second kappa shape index (κ2) is 4.97. The Hall–Kier alpha value is -2.19. The van der Waals surface area contributed by atoms with Crippen molar-refractivity contribution < 1.29 is 32.3 Å². The van der Waals surface area contributed by atoms with Crippen LogP contribution in [0, 0.1) is 11.4 Å². The van der Waals surface area contributed by atoms with E-state index >= 15 is 0 Å². The third-order valence-corrected chi connectivity index (χ3v) is 3.48. The summed E-state index contributed by atoms with van der Waals surface area (Å²) in [6.45, 7) is -1.36. The number of aromatic nitrogens is 1. The van der Waals surface area contributed by atoms with Crippen LogP contribution in [0.5, 0.6) is 0 Å². The second-order valence-electron chi connectivity index (χ2n) is 4.73. The van der Waals surface area contributed by atoms with Gasteiger partial charge in [0.1, 0.15) is 0 Å². The Balaban J connectivity index is 2.26. The number of alkyl halides is 3. The van der Waals surface area contributed by atoms with Crippen molar-refractivity contribution in [3.05, 3.63) is 29.8 Å². The molecule has 114 valence electrons. The van der Waals surface area contributed by atoms with E-state index in [4.69, 9.17) is 5.11 Å². The van der Waals surface area contributed by atoms with Crippen molar-refractivity contribution in [3.8, 4) is 0 Å². The maximum atomic E-state index is 13.0. The summed E-state index contributed by atoms with van der Waals surface area (Å²) < 4.78 is 51.9. The van der Waals surface area contributed by atoms with Gasteiger partial charge in [-0.3, -0.25) is 9.59 Å². The third kappa shape index (κ3) is 2.55. The number of aliphatic carboxylic acids is 1. The molecule has 0 bridgehead atoms. The van der Waals surface area contributed by atoms with Gasteiger partial charge in [-0.05, 0) is 12.5 Å². The monoisotopic (exact) mass is 306 g/mol. The van der Waals surface area contributed by atoms with E-state index in [1.807, 2.05) is 0 Å². The molecule has 1 aromatic heterocycles. The molecule has 1 aliphatic heterocycles. The van der Waals surface area contributed by atoms with E-state index < -0.39 is 42.4 Å². The lowest BCUT2D eigenvalue weighted by molar-refractivity contribution is -0.227. The zero-order chi connectivity index (χ0) is 15.8. The molecule has 1 aromatic rings. The smallest absolute Gasteiger partial charge is 0.406 e. The Morgan fingerprint density at radius 2 is 2.05 bits per heavy atom. The fourth-order valence-corrected chi connectivity index (χ4v) is 2.23. The number of hydrogen-bond acceptors (Lipinski definition) is 3. The van der Waals surface area contributed by atoms with Crippen LogP contribution in [0.25, 0.3) is 0 Å². The zero-order valence-corrected chi connectivity index (χ0v) is 10.5. The number of hydrogen-bond donors (Lipinski definition) is 1. The van der Waals surface area contributed by atoms with Gasteiger partial charge in [0.25, 0.3) is 5.91 Å². The van der Waals surface area contributed by atoms with Crippen LogP contribution in [-0.2, 0) is 4.79 Å². The minimum Gasteiger partial charge on any atom is -0.481 e. The summed E-state index contributed by atoms with van der Waals surface area (Å²) in [5, 5.41) is 8.89. The van der Waals surface area contributed by atoms with Crippen molar-refractivity contribution in [3.63, 3.8) is 0 Å². The molecule has 5 nitrogen and oxygen atoms in total. The fourth-order valence-electron chi connectivity index (χ4n) is 2.23. The first-order valence-corrected chi connectivity index (χ1v) is 5.88. The van der Waals surface area contributed by atoms with Crippen LogP contribution in [0.4, 0.5) is 17.6 Å². The molecule has 21 heavy (non-hydrogen) atoms. The van der Waals surface area contributed by atoms with E-state index in [9.17, 15) is 27.2 Å². The van der Waals surface area contributed by atoms with E-state index in [2.05, 4.69) is 4.98 Å². The molecule has 1 unspecified atom stereocenters. The second-order valence-corrected chi connectivity index (χ2v) is 4.73. The predicted octanol–water partition coefficient (Wildman–Crippen LogP) is 1.70. The highest BCUT2D eigenvalue weighted by atomic mass is 19.4. The van der Waals surface area contributed by atoms with Crippen molar-refractivity contribution >= 4 is 11.9 Å². The summed E-state index contributed by atoms with van der Waals surface area (Å²) >= 11 is 0. The molecule has 0 aliphatic carbocycles. The summed E-state index contributed by atoms with van der Waals surface area (Å²) in [4.78, 5) is 27.0. The van der Waals surface area contributed by atoms with Crippen molar-refractivity contribution in [1.82, 2.24) is 9.88 Å². The molecular weight excluding hydrogens is 296 g/mol. The summed E-state index contributed by atoms with van der Waals surface area (Å²) in [5.74, 6) is -3.82. The largest absolute Gasteiger partial charge is 0.481 e. The number of carboxylic acids is 1. The Morgan fingerprint density at radius 3 is 2.52 bits per heavy atom. The number of amides is 1. The number of carbonyl (C=O) groups is 2. The third-order valence-electron chi connectivity index (χ3n) is 3.48. The minimum absolute atomic E-state index is 0.175. The average Bonchev–Trinajstić information content (AvgIpc) is 2.83. The van der Waals surface area contributed by atoms with Gasteiger partial charge in [0.2, 0.25) is 5.95 Å². The van der Waals surface area contributed by atoms with Gasteiger partial charge in [0.15, 0.2) is 5.41 Å². The van der Waals surface area contributed by atoms with Crippen LogP contribution >= 0.6 is 0 Å². The van der Waals surface area contributed by atoms with Gasteiger partial charge >= 0.3 is 12.1 Å². The Kier molecular flexibility index (Phi) is 3.60. The Bertz CT molecular complexity index is 590. The van der Waals surface area contributed by atoms with Crippen LogP contribution in [0.1, 0.15) is 16.8 Å². The van der Waals surface area contributed by atoms with Crippen molar-refractivity contribution in [1.29, 1.82) is 0 Å². The molecule has 2 heterocycles. The minimum atomic E-state index is -4.97. The van der Waals surface area contributed by atoms with Crippen molar-refractivity contribution in [2.75, 3.05) is 13.1 Å². The van der Waals surface area contributed by atoms with E-state index in [0.717, 1.165) is 23.2 Å². The molecule has 0 radical (unpaired) electrons. The quantitative estimate of drug-likeness (QED) is 0.667. The van der Waals surface area contributed by atoms with Crippen LogP contribution < -0.4 is 0 Å². The van der Waals surface area contributed by atoms with Gasteiger partial charge in [0, 0.05) is 30.9 Å². The highest BCUT2D eigenvalue weighted by molar-refractivity contribution is 5.95. The highest BCUT2D eigenvalue weighted by Crippen LogP contribution is 2.45. The molecule has 1 amide bonds. The van der Waals surface area contributed by atoms with Gasteiger partial charge in [0.05, 0.1) is 0 Å². The number of pyridine rings is 1. The molecule has 0 aromatic carbocycles. The number of carboxylic acid groups (broad SMARTS) is 1. The summed E-state index contributed by atoms with van der Waals surface area (Å²) in [7, 11) is 0. The first-order chi connectivity index (χ1) is 9.67. The normalized spacial score (nSPS) is 22.4. The number of rotatable bonds is 2. The number of carbonyl (C=O) groups excluding carboxylic acids is 1. The SMILES string of the molecule is O=C(c1ccnc(F)c1)N1CCC(C(=O)O)(C(F)(F)F)C1. The first-order valence-electron chi connectivity index (χ1n) is 5.88. The van der Waals surface area contributed by atoms with Crippen molar-refractivity contribution in [2.24, 2.45) is 5.41 Å². The summed E-state index contributed by atoms with van der Waals surface area (Å²) in [6.07, 6.45) is -4.70. The average molecular weight is 306 g/mol. The molecule has 9 heteroatoms. The topological polar surface area (TPSA) is 70.5 Å². The van der Waals surface area contributed by atoms with Crippen molar-refractivity contribution in [2.45, 2.75) is 12.6 Å². The zero-order valence-electron chi connectivity index (χ0n) is 10.5. The van der Waals surface area contributed by atoms with Gasteiger partial charge in [-0.15, -0.1) is 0 Å². The lowest BCUT2D eigenvalue weighted by Crippen LogP contribution is -2.47. The van der Waals surface area contributed by atoms with E-state index in [0.29, 0.717) is 0 Å². The lowest BCUT2D eigenvalue weighted by Gasteiger charge is -2.27. The van der Waals surface area contributed by atoms with Gasteiger partial charge in [-0.25, -0.2) is 4.98 Å². The first kappa shape index (κ1) is 15.2. The van der Waals surface area contributed by atoms with Gasteiger partial charge in [-0.2, -0.15) is 17.6 Å². The maximum absolute atomic E-state index is 13.0. The Morgan fingerprint density at radius 1 is 1.38 bits per heavy atom. The Labute approximate surface area is 116 Å². The molecule has 2 rings (SSSR count). The number of nitrogens with zero attached hydrogens (tertiary/aromatic N) is 2. The molecule has 0 saturated carbocycles. The standard InChI is InChI=1S/C12H10F4N2O3/c13-8-5-7(1-3-17-8)9(19)18-4-2-11(6-18,10(20)21)12(14,15)16/h1,3,5H,2,4,6H2,(H,20,21). The van der Waals surface area contributed by atoms with E-state index in [-0.39, 0.29) is 12.1 Å². The van der Waals surface area contributed by atoms with E-state index in [1.54, 1.807) is 0 Å². The van der Waals surface area contributed by atoms with Crippen LogP contribution in [0.3, 0.4) is 0 Å². The van der Waals surface area contributed by atoms with Gasteiger partial charge in [-0.1, -0.05) is 0 Å². The highest BCUT2D eigenvalue weighted by Gasteiger charge is 2.64. The molecule has 0 spiro atoms. The predicted molar refractivity (Wildman–Crippen MR) is 60.8 cm³/mol. The molecule has 1 fully saturated rings. The van der Waals surface area contributed by atoms with Crippen LogP contribution in [-0.4, -0.2) is 46.1 Å². The lowest BCUT2D eigenvalue weighted by atomic mass is 9.86. The molecule has 1 saturated heterocycles. The summed E-state index contributed by atoms with van der Waals surface area (Å²) in [5.41, 5.74) is -3.15. The molecule has 1 N–H and O–H groups in total.